The lowest BCUT2D eigenvalue weighted by atomic mass is 10.2. The van der Waals surface area contributed by atoms with Gasteiger partial charge in [0.05, 0.1) is 34.5 Å². The summed E-state index contributed by atoms with van der Waals surface area (Å²) >= 11 is 0. The molecule has 0 saturated carbocycles. The van der Waals surface area contributed by atoms with Crippen molar-refractivity contribution in [1.82, 2.24) is 9.78 Å². The minimum absolute atomic E-state index is 0.0158. The quantitative estimate of drug-likeness (QED) is 0.793. The molecule has 2 aromatic rings. The zero-order valence-corrected chi connectivity index (χ0v) is 16.6. The molecular formula is C16H18F3N3O4S2. The number of hydrogen-bond acceptors (Lipinski definition) is 5. The van der Waals surface area contributed by atoms with E-state index in [1.807, 2.05) is 0 Å². The number of aromatic nitrogens is 2. The Hall–Kier alpha value is -2.08. The van der Waals surface area contributed by atoms with Crippen molar-refractivity contribution in [3.63, 3.8) is 0 Å². The number of nitrogens with one attached hydrogen (secondary N) is 1. The van der Waals surface area contributed by atoms with E-state index in [0.717, 1.165) is 24.3 Å². The van der Waals surface area contributed by atoms with Crippen molar-refractivity contribution in [3.05, 3.63) is 41.2 Å². The van der Waals surface area contributed by atoms with E-state index in [9.17, 15) is 30.0 Å². The fraction of sp³-hybridized carbons (Fsp3) is 0.438. The van der Waals surface area contributed by atoms with Gasteiger partial charge in [-0.2, -0.15) is 18.3 Å². The highest BCUT2D eigenvalue weighted by atomic mass is 32.2. The van der Waals surface area contributed by atoms with E-state index in [1.165, 1.54) is 18.5 Å². The van der Waals surface area contributed by atoms with Crippen molar-refractivity contribution in [3.8, 4) is 0 Å². The SMILES string of the molecule is Cc1nn([C@@H]2CCS(=O)(=O)C2)c(C)c1S(=O)(=O)Nc1ccc(C(F)(F)F)cc1. The highest BCUT2D eigenvalue weighted by molar-refractivity contribution is 7.92. The van der Waals surface area contributed by atoms with Gasteiger partial charge in [-0.15, -0.1) is 0 Å². The summed E-state index contributed by atoms with van der Waals surface area (Å²) in [5, 5.41) is 4.20. The number of alkyl halides is 3. The number of nitrogens with zero attached hydrogens (tertiary/aromatic N) is 2. The van der Waals surface area contributed by atoms with Crippen LogP contribution in [0.25, 0.3) is 0 Å². The van der Waals surface area contributed by atoms with Crippen LogP contribution >= 0.6 is 0 Å². The number of hydrogen-bond donors (Lipinski definition) is 1. The first-order valence-electron chi connectivity index (χ1n) is 8.26. The van der Waals surface area contributed by atoms with Crippen LogP contribution in [0.3, 0.4) is 0 Å². The molecule has 7 nitrogen and oxygen atoms in total. The lowest BCUT2D eigenvalue weighted by molar-refractivity contribution is -0.137. The van der Waals surface area contributed by atoms with Crippen LogP contribution in [-0.2, 0) is 26.0 Å². The number of rotatable bonds is 4. The molecule has 154 valence electrons. The van der Waals surface area contributed by atoms with Crippen molar-refractivity contribution in [2.75, 3.05) is 16.2 Å². The number of anilines is 1. The molecule has 3 rings (SSSR count). The molecule has 28 heavy (non-hydrogen) atoms. The van der Waals surface area contributed by atoms with Crippen LogP contribution in [-0.4, -0.2) is 38.1 Å². The molecule has 0 aliphatic carbocycles. The highest BCUT2D eigenvalue weighted by Gasteiger charge is 2.34. The molecule has 0 unspecified atom stereocenters. The van der Waals surface area contributed by atoms with Gasteiger partial charge in [-0.25, -0.2) is 16.8 Å². The van der Waals surface area contributed by atoms with Gasteiger partial charge in [0.15, 0.2) is 9.84 Å². The van der Waals surface area contributed by atoms with E-state index in [2.05, 4.69) is 9.82 Å². The van der Waals surface area contributed by atoms with Gasteiger partial charge in [-0.05, 0) is 44.5 Å². The third-order valence-electron chi connectivity index (χ3n) is 4.55. The van der Waals surface area contributed by atoms with Crippen LogP contribution < -0.4 is 4.72 Å². The van der Waals surface area contributed by atoms with Crippen LogP contribution in [0.1, 0.15) is 29.4 Å². The summed E-state index contributed by atoms with van der Waals surface area (Å²) in [7, 11) is -7.31. The summed E-state index contributed by atoms with van der Waals surface area (Å²) in [6, 6.07) is 3.17. The maximum atomic E-state index is 12.8. The maximum Gasteiger partial charge on any atom is 0.416 e. The Morgan fingerprint density at radius 2 is 1.79 bits per heavy atom. The van der Waals surface area contributed by atoms with Crippen LogP contribution in [0.2, 0.25) is 0 Å². The molecule has 0 bridgehead atoms. The first-order valence-corrected chi connectivity index (χ1v) is 11.6. The van der Waals surface area contributed by atoms with Gasteiger partial charge >= 0.3 is 6.18 Å². The largest absolute Gasteiger partial charge is 0.416 e. The van der Waals surface area contributed by atoms with Crippen molar-refractivity contribution in [2.45, 2.75) is 37.4 Å². The van der Waals surface area contributed by atoms with Gasteiger partial charge in [-0.1, -0.05) is 0 Å². The molecule has 1 aromatic carbocycles. The topological polar surface area (TPSA) is 98.1 Å². The third kappa shape index (κ3) is 4.02. The van der Waals surface area contributed by atoms with Gasteiger partial charge in [0.1, 0.15) is 4.90 Å². The molecule has 0 amide bonds. The van der Waals surface area contributed by atoms with Gasteiger partial charge in [-0.3, -0.25) is 9.40 Å². The fourth-order valence-electron chi connectivity index (χ4n) is 3.29. The molecule has 1 atom stereocenters. The second kappa shape index (κ2) is 6.76. The summed E-state index contributed by atoms with van der Waals surface area (Å²) in [5.41, 5.74) is -0.457. The monoisotopic (exact) mass is 437 g/mol. The van der Waals surface area contributed by atoms with Crippen molar-refractivity contribution < 1.29 is 30.0 Å². The average molecular weight is 437 g/mol. The summed E-state index contributed by atoms with van der Waals surface area (Å²) in [5.74, 6) is -0.0946. The summed E-state index contributed by atoms with van der Waals surface area (Å²) in [6.45, 7) is 3.00. The Kier molecular flexibility index (Phi) is 4.99. The molecular weight excluding hydrogens is 419 g/mol. The van der Waals surface area contributed by atoms with Crippen LogP contribution in [0.15, 0.2) is 29.2 Å². The second-order valence-corrected chi connectivity index (χ2v) is 10.5. The average Bonchev–Trinajstić information content (AvgIpc) is 3.05. The Morgan fingerprint density at radius 3 is 2.29 bits per heavy atom. The van der Waals surface area contributed by atoms with Crippen molar-refractivity contribution in [2.24, 2.45) is 0 Å². The normalized spacial score (nSPS) is 19.7. The summed E-state index contributed by atoms with van der Waals surface area (Å²) in [6.07, 6.45) is -4.18. The van der Waals surface area contributed by atoms with Crippen LogP contribution in [0.4, 0.5) is 18.9 Å². The molecule has 1 aliphatic rings. The van der Waals surface area contributed by atoms with Gasteiger partial charge in [0, 0.05) is 5.69 Å². The summed E-state index contributed by atoms with van der Waals surface area (Å²) < 4.78 is 90.5. The molecule has 1 aromatic heterocycles. The molecule has 1 aliphatic heterocycles. The first kappa shape index (κ1) is 20.6. The Labute approximate surface area is 160 Å². The number of sulfonamides is 1. The van der Waals surface area contributed by atoms with Gasteiger partial charge in [0.25, 0.3) is 10.0 Å². The van der Waals surface area contributed by atoms with Crippen molar-refractivity contribution >= 4 is 25.5 Å². The molecule has 0 spiro atoms. The van der Waals surface area contributed by atoms with E-state index in [0.29, 0.717) is 6.42 Å². The standard InChI is InChI=1S/C16H18F3N3O4S2/c1-10-15(11(2)22(20-10)14-7-8-27(23,24)9-14)28(25,26)21-13-5-3-12(4-6-13)16(17,18)19/h3-6,14,21H,7-9H2,1-2H3/t14-/m1/s1. The van der Waals surface area contributed by atoms with Gasteiger partial charge < -0.3 is 0 Å². The van der Waals surface area contributed by atoms with Crippen LogP contribution in [0.5, 0.6) is 0 Å². The zero-order valence-electron chi connectivity index (χ0n) is 15.0. The number of benzene rings is 1. The predicted octanol–water partition coefficient (Wildman–Crippen LogP) is 2.68. The Balaban J connectivity index is 1.90. The Bertz CT molecular complexity index is 1110. The van der Waals surface area contributed by atoms with Crippen molar-refractivity contribution in [1.29, 1.82) is 0 Å². The number of sulfone groups is 1. The smallest absolute Gasteiger partial charge is 0.280 e. The van der Waals surface area contributed by atoms with Gasteiger partial charge in [0.2, 0.25) is 0 Å². The number of aryl methyl sites for hydroxylation is 1. The molecule has 1 N–H and O–H groups in total. The Morgan fingerprint density at radius 1 is 1.18 bits per heavy atom. The van der Waals surface area contributed by atoms with E-state index in [4.69, 9.17) is 0 Å². The van der Waals surface area contributed by atoms with Crippen LogP contribution in [0, 0.1) is 13.8 Å². The molecule has 1 saturated heterocycles. The van der Waals surface area contributed by atoms with E-state index in [-0.39, 0.29) is 33.5 Å². The fourth-order valence-corrected chi connectivity index (χ4v) is 6.45. The van der Waals surface area contributed by atoms with E-state index < -0.39 is 37.6 Å². The maximum absolute atomic E-state index is 12.8. The highest BCUT2D eigenvalue weighted by Crippen LogP contribution is 2.32. The predicted molar refractivity (Wildman–Crippen MR) is 96.3 cm³/mol. The molecule has 1 fully saturated rings. The van der Waals surface area contributed by atoms with E-state index in [1.54, 1.807) is 0 Å². The lowest BCUT2D eigenvalue weighted by Gasteiger charge is -2.13. The molecule has 0 radical (unpaired) electrons. The summed E-state index contributed by atoms with van der Waals surface area (Å²) in [4.78, 5) is -0.114. The molecule has 2 heterocycles. The minimum Gasteiger partial charge on any atom is -0.280 e. The van der Waals surface area contributed by atoms with E-state index >= 15 is 0 Å². The minimum atomic E-state index is -4.52. The molecule has 12 heteroatoms. The zero-order chi connectivity index (χ0) is 20.9. The lowest BCUT2D eigenvalue weighted by Crippen LogP contribution is -2.17. The number of halogens is 3. The third-order valence-corrected chi connectivity index (χ3v) is 7.93. The second-order valence-electron chi connectivity index (χ2n) is 6.68. The first-order chi connectivity index (χ1) is 12.8.